The number of carbonyl (C=O) groups excluding carboxylic acids is 1. The molecule has 0 bridgehead atoms. The Bertz CT molecular complexity index is 932. The van der Waals surface area contributed by atoms with Gasteiger partial charge in [-0.25, -0.2) is 0 Å². The molecule has 0 saturated heterocycles. The van der Waals surface area contributed by atoms with Gasteiger partial charge in [-0.1, -0.05) is 29.8 Å². The minimum absolute atomic E-state index is 0.140. The van der Waals surface area contributed by atoms with Crippen LogP contribution in [0.4, 0.5) is 17.1 Å². The number of nitrogens with zero attached hydrogens (tertiary/aromatic N) is 2. The van der Waals surface area contributed by atoms with Crippen molar-refractivity contribution in [3.63, 3.8) is 0 Å². The van der Waals surface area contributed by atoms with Gasteiger partial charge in [-0.3, -0.25) is 9.78 Å². The Morgan fingerprint density at radius 3 is 2.28 bits per heavy atom. The maximum Gasteiger partial charge on any atom is 0.253 e. The summed E-state index contributed by atoms with van der Waals surface area (Å²) in [6.07, 6.45) is 3.30. The Kier molecular flexibility index (Phi) is 6.85. The van der Waals surface area contributed by atoms with Crippen molar-refractivity contribution in [3.05, 3.63) is 83.7 Å². The lowest BCUT2D eigenvalue weighted by molar-refractivity contribution is 0.0950. The zero-order chi connectivity index (χ0) is 20.6. The standard InChI is InChI=1S/C24H28N4O/c1-4-28(5-2)23-12-10-21(11-13-23)27-22-14-20(16-25-17-22)24(29)26-15-19-8-6-18(3)7-9-19/h6-14,16-17,27H,4-5,15H2,1-3H3,(H,26,29). The van der Waals surface area contributed by atoms with Crippen LogP contribution in [0.2, 0.25) is 0 Å². The number of amides is 1. The first-order valence-corrected chi connectivity index (χ1v) is 10.00. The molecule has 2 aromatic carbocycles. The summed E-state index contributed by atoms with van der Waals surface area (Å²) in [5.74, 6) is -0.140. The van der Waals surface area contributed by atoms with Crippen LogP contribution in [0, 0.1) is 6.92 Å². The second-order valence-electron chi connectivity index (χ2n) is 6.97. The molecule has 0 radical (unpaired) electrons. The number of nitrogens with one attached hydrogen (secondary N) is 2. The van der Waals surface area contributed by atoms with Crippen molar-refractivity contribution < 1.29 is 4.79 Å². The maximum absolute atomic E-state index is 12.5. The summed E-state index contributed by atoms with van der Waals surface area (Å²) < 4.78 is 0. The van der Waals surface area contributed by atoms with E-state index in [9.17, 15) is 4.79 Å². The summed E-state index contributed by atoms with van der Waals surface area (Å²) in [6.45, 7) is 8.79. The molecule has 5 heteroatoms. The number of benzene rings is 2. The molecule has 0 fully saturated rings. The van der Waals surface area contributed by atoms with Crippen LogP contribution in [0.15, 0.2) is 67.0 Å². The topological polar surface area (TPSA) is 57.3 Å². The fraction of sp³-hybridized carbons (Fsp3) is 0.250. The van der Waals surface area contributed by atoms with E-state index in [1.54, 1.807) is 12.4 Å². The number of carbonyl (C=O) groups is 1. The van der Waals surface area contributed by atoms with Crippen LogP contribution in [0.5, 0.6) is 0 Å². The zero-order valence-electron chi connectivity index (χ0n) is 17.3. The number of aryl methyl sites for hydroxylation is 1. The van der Waals surface area contributed by atoms with E-state index in [0.29, 0.717) is 12.1 Å². The van der Waals surface area contributed by atoms with Crippen LogP contribution in [0.25, 0.3) is 0 Å². The number of rotatable bonds is 8. The SMILES string of the molecule is CCN(CC)c1ccc(Nc2cncc(C(=O)NCc3ccc(C)cc3)c2)cc1. The fourth-order valence-corrected chi connectivity index (χ4v) is 3.13. The van der Waals surface area contributed by atoms with Crippen LogP contribution in [0.3, 0.4) is 0 Å². The Hall–Kier alpha value is -3.34. The molecule has 0 aliphatic carbocycles. The molecule has 2 N–H and O–H groups in total. The average molecular weight is 389 g/mol. The molecule has 0 aliphatic rings. The van der Waals surface area contributed by atoms with Gasteiger partial charge in [0.25, 0.3) is 5.91 Å². The second kappa shape index (κ2) is 9.73. The molecule has 0 atom stereocenters. The first-order chi connectivity index (χ1) is 14.1. The van der Waals surface area contributed by atoms with Gasteiger partial charge in [-0.05, 0) is 56.7 Å². The van der Waals surface area contributed by atoms with Gasteiger partial charge in [0.1, 0.15) is 0 Å². The van der Waals surface area contributed by atoms with Gasteiger partial charge in [-0.2, -0.15) is 0 Å². The van der Waals surface area contributed by atoms with Gasteiger partial charge in [-0.15, -0.1) is 0 Å². The smallest absolute Gasteiger partial charge is 0.253 e. The van der Waals surface area contributed by atoms with Crippen molar-refractivity contribution in [2.24, 2.45) is 0 Å². The Morgan fingerprint density at radius 2 is 1.62 bits per heavy atom. The molecule has 1 aromatic heterocycles. The van der Waals surface area contributed by atoms with Crippen molar-refractivity contribution in [3.8, 4) is 0 Å². The minimum Gasteiger partial charge on any atom is -0.372 e. The highest BCUT2D eigenvalue weighted by atomic mass is 16.1. The molecule has 5 nitrogen and oxygen atoms in total. The van der Waals surface area contributed by atoms with Gasteiger partial charge < -0.3 is 15.5 Å². The fourth-order valence-electron chi connectivity index (χ4n) is 3.13. The normalized spacial score (nSPS) is 10.4. The summed E-state index contributed by atoms with van der Waals surface area (Å²) >= 11 is 0. The molecule has 3 rings (SSSR count). The van der Waals surface area contributed by atoms with Gasteiger partial charge >= 0.3 is 0 Å². The van der Waals surface area contributed by atoms with Crippen LogP contribution in [0.1, 0.15) is 35.3 Å². The monoisotopic (exact) mass is 388 g/mol. The quantitative estimate of drug-likeness (QED) is 0.576. The predicted molar refractivity (Wildman–Crippen MR) is 120 cm³/mol. The molecule has 0 unspecified atom stereocenters. The third-order valence-electron chi connectivity index (χ3n) is 4.86. The lowest BCUT2D eigenvalue weighted by atomic mass is 10.1. The van der Waals surface area contributed by atoms with Gasteiger partial charge in [0, 0.05) is 37.2 Å². The van der Waals surface area contributed by atoms with E-state index in [4.69, 9.17) is 0 Å². The Balaban J connectivity index is 1.62. The van der Waals surface area contributed by atoms with Crippen LogP contribution < -0.4 is 15.5 Å². The molecule has 29 heavy (non-hydrogen) atoms. The molecule has 3 aromatic rings. The zero-order valence-corrected chi connectivity index (χ0v) is 17.3. The number of hydrogen-bond acceptors (Lipinski definition) is 4. The minimum atomic E-state index is -0.140. The molecule has 0 saturated carbocycles. The van der Waals surface area contributed by atoms with Gasteiger partial charge in [0.15, 0.2) is 0 Å². The number of aromatic nitrogens is 1. The lowest BCUT2D eigenvalue weighted by Crippen LogP contribution is -2.23. The maximum atomic E-state index is 12.5. The van der Waals surface area contributed by atoms with Crippen molar-refractivity contribution in [2.45, 2.75) is 27.3 Å². The Morgan fingerprint density at radius 1 is 0.931 bits per heavy atom. The van der Waals surface area contributed by atoms with Crippen molar-refractivity contribution in [2.75, 3.05) is 23.3 Å². The van der Waals surface area contributed by atoms with Gasteiger partial charge in [0.2, 0.25) is 0 Å². The van der Waals surface area contributed by atoms with E-state index < -0.39 is 0 Å². The van der Waals surface area contributed by atoms with Crippen molar-refractivity contribution >= 4 is 23.0 Å². The van der Waals surface area contributed by atoms with Crippen LogP contribution in [-0.2, 0) is 6.54 Å². The highest BCUT2D eigenvalue weighted by Crippen LogP contribution is 2.21. The molecular weight excluding hydrogens is 360 g/mol. The molecule has 1 heterocycles. The molecule has 0 spiro atoms. The number of hydrogen-bond donors (Lipinski definition) is 2. The summed E-state index contributed by atoms with van der Waals surface area (Å²) in [4.78, 5) is 19.0. The highest BCUT2D eigenvalue weighted by molar-refractivity contribution is 5.94. The first-order valence-electron chi connectivity index (χ1n) is 10.00. The molecule has 0 aliphatic heterocycles. The second-order valence-corrected chi connectivity index (χ2v) is 6.97. The van der Waals surface area contributed by atoms with E-state index in [0.717, 1.165) is 30.0 Å². The van der Waals surface area contributed by atoms with E-state index in [1.165, 1.54) is 11.3 Å². The highest BCUT2D eigenvalue weighted by Gasteiger charge is 2.08. The number of pyridine rings is 1. The van der Waals surface area contributed by atoms with E-state index >= 15 is 0 Å². The molecular formula is C24H28N4O. The summed E-state index contributed by atoms with van der Waals surface area (Å²) in [7, 11) is 0. The van der Waals surface area contributed by atoms with Crippen molar-refractivity contribution in [1.29, 1.82) is 0 Å². The van der Waals surface area contributed by atoms with Crippen LogP contribution >= 0.6 is 0 Å². The Labute approximate surface area is 172 Å². The third kappa shape index (κ3) is 5.57. The summed E-state index contributed by atoms with van der Waals surface area (Å²) in [5, 5.41) is 6.27. The van der Waals surface area contributed by atoms with E-state index in [-0.39, 0.29) is 5.91 Å². The first kappa shape index (κ1) is 20.4. The lowest BCUT2D eigenvalue weighted by Gasteiger charge is -2.21. The summed E-state index contributed by atoms with van der Waals surface area (Å²) in [5.41, 5.74) is 5.74. The largest absolute Gasteiger partial charge is 0.372 e. The van der Waals surface area contributed by atoms with Gasteiger partial charge in [0.05, 0.1) is 17.4 Å². The molecule has 150 valence electrons. The van der Waals surface area contributed by atoms with E-state index in [2.05, 4.69) is 46.5 Å². The number of anilines is 3. The van der Waals surface area contributed by atoms with E-state index in [1.807, 2.05) is 49.4 Å². The van der Waals surface area contributed by atoms with Crippen LogP contribution in [-0.4, -0.2) is 24.0 Å². The van der Waals surface area contributed by atoms with Crippen molar-refractivity contribution in [1.82, 2.24) is 10.3 Å². The summed E-state index contributed by atoms with van der Waals surface area (Å²) in [6, 6.07) is 18.2. The molecule has 1 amide bonds. The third-order valence-corrected chi connectivity index (χ3v) is 4.86. The predicted octanol–water partition coefficient (Wildman–Crippen LogP) is 4.91. The average Bonchev–Trinajstić information content (AvgIpc) is 2.75.